The Balaban J connectivity index is 2.33. The number of H-pyrrole nitrogens is 2. The Labute approximate surface area is 122 Å². The van der Waals surface area contributed by atoms with Crippen molar-refractivity contribution in [1.82, 2.24) is 20.2 Å². The molecule has 0 aliphatic carbocycles. The van der Waals surface area contributed by atoms with E-state index >= 15 is 0 Å². The number of aromatic amines is 2. The molecule has 5 heteroatoms. The van der Waals surface area contributed by atoms with Gasteiger partial charge in [-0.25, -0.2) is 0 Å². The first kappa shape index (κ1) is 13.0. The molecule has 0 bridgehead atoms. The first-order chi connectivity index (χ1) is 9.54. The van der Waals surface area contributed by atoms with Gasteiger partial charge in [-0.15, -0.1) is 0 Å². The molecule has 20 heavy (non-hydrogen) atoms. The van der Waals surface area contributed by atoms with Gasteiger partial charge < -0.3 is 0 Å². The van der Waals surface area contributed by atoms with E-state index in [4.69, 9.17) is 12.2 Å². The number of nitrogens with zero attached hydrogens (tertiary/aromatic N) is 2. The molecule has 0 unspecified atom stereocenters. The van der Waals surface area contributed by atoms with E-state index < -0.39 is 0 Å². The molecule has 0 atom stereocenters. The minimum Gasteiger partial charge on any atom is -0.282 e. The van der Waals surface area contributed by atoms with Crippen molar-refractivity contribution < 1.29 is 0 Å². The van der Waals surface area contributed by atoms with Crippen molar-refractivity contribution in [3.8, 4) is 11.4 Å². The Hall–Kier alpha value is -2.01. The van der Waals surface area contributed by atoms with Gasteiger partial charge in [0.2, 0.25) is 4.77 Å². The smallest absolute Gasteiger partial charge is 0.213 e. The van der Waals surface area contributed by atoms with E-state index in [2.05, 4.69) is 52.2 Å². The van der Waals surface area contributed by atoms with Crippen molar-refractivity contribution in [3.63, 3.8) is 0 Å². The second-order valence-corrected chi connectivity index (χ2v) is 5.64. The third-order valence-electron chi connectivity index (χ3n) is 3.38. The first-order valence-corrected chi connectivity index (χ1v) is 7.02. The summed E-state index contributed by atoms with van der Waals surface area (Å²) in [4.78, 5) is 8.91. The molecule has 2 heterocycles. The van der Waals surface area contributed by atoms with Crippen LogP contribution in [0.15, 0.2) is 24.3 Å². The SMILES string of the molecule is Cc1cc(-c2nc(=S)[nH][nH]2)c2cc(C(C)C)ccc2n1. The van der Waals surface area contributed by atoms with Gasteiger partial charge in [-0.3, -0.25) is 15.2 Å². The molecule has 2 aromatic heterocycles. The fraction of sp³-hybridized carbons (Fsp3) is 0.267. The predicted octanol–water partition coefficient (Wildman–Crippen LogP) is 4.11. The molecule has 1 aromatic carbocycles. The van der Waals surface area contributed by atoms with Gasteiger partial charge in [-0.1, -0.05) is 19.9 Å². The van der Waals surface area contributed by atoms with Crippen molar-refractivity contribution >= 4 is 23.1 Å². The highest BCUT2D eigenvalue weighted by Crippen LogP contribution is 2.28. The summed E-state index contributed by atoms with van der Waals surface area (Å²) in [6.45, 7) is 6.36. The summed E-state index contributed by atoms with van der Waals surface area (Å²) in [5, 5.41) is 6.97. The summed E-state index contributed by atoms with van der Waals surface area (Å²) in [5.74, 6) is 1.23. The van der Waals surface area contributed by atoms with E-state index in [1.54, 1.807) is 0 Å². The van der Waals surface area contributed by atoms with Crippen LogP contribution in [0.4, 0.5) is 0 Å². The number of aryl methyl sites for hydroxylation is 1. The molecule has 0 spiro atoms. The van der Waals surface area contributed by atoms with Crippen molar-refractivity contribution in [2.24, 2.45) is 0 Å². The summed E-state index contributed by atoms with van der Waals surface area (Å²) in [5.41, 5.74) is 4.26. The Morgan fingerprint density at radius 1 is 1.10 bits per heavy atom. The maximum atomic E-state index is 5.04. The summed E-state index contributed by atoms with van der Waals surface area (Å²) >= 11 is 5.04. The van der Waals surface area contributed by atoms with Crippen LogP contribution in [0.1, 0.15) is 31.0 Å². The highest BCUT2D eigenvalue weighted by molar-refractivity contribution is 7.71. The zero-order valence-electron chi connectivity index (χ0n) is 11.7. The van der Waals surface area contributed by atoms with Gasteiger partial charge in [-0.2, -0.15) is 4.98 Å². The lowest BCUT2D eigenvalue weighted by molar-refractivity contribution is 0.868. The van der Waals surface area contributed by atoms with Crippen molar-refractivity contribution in [2.75, 3.05) is 0 Å². The third kappa shape index (κ3) is 2.25. The second kappa shape index (κ2) is 4.83. The molecule has 0 saturated carbocycles. The zero-order valence-corrected chi connectivity index (χ0v) is 12.5. The van der Waals surface area contributed by atoms with Gasteiger partial charge in [0.25, 0.3) is 0 Å². The fourth-order valence-corrected chi connectivity index (χ4v) is 2.47. The largest absolute Gasteiger partial charge is 0.282 e. The molecule has 0 fully saturated rings. The Kier molecular flexibility index (Phi) is 3.14. The van der Waals surface area contributed by atoms with E-state index in [0.717, 1.165) is 28.0 Å². The molecule has 3 aromatic rings. The van der Waals surface area contributed by atoms with Crippen molar-refractivity contribution in [1.29, 1.82) is 0 Å². The summed E-state index contributed by atoms with van der Waals surface area (Å²) < 4.78 is 0.461. The average molecular weight is 284 g/mol. The van der Waals surface area contributed by atoms with Crippen LogP contribution in [0, 0.1) is 11.7 Å². The monoisotopic (exact) mass is 284 g/mol. The highest BCUT2D eigenvalue weighted by Gasteiger charge is 2.10. The first-order valence-electron chi connectivity index (χ1n) is 6.61. The van der Waals surface area contributed by atoms with E-state index in [-0.39, 0.29) is 0 Å². The lowest BCUT2D eigenvalue weighted by Crippen LogP contribution is -1.93. The number of hydrogen-bond donors (Lipinski definition) is 2. The van der Waals surface area contributed by atoms with Gasteiger partial charge >= 0.3 is 0 Å². The zero-order chi connectivity index (χ0) is 14.3. The molecule has 0 aliphatic heterocycles. The van der Waals surface area contributed by atoms with Crippen molar-refractivity contribution in [3.05, 3.63) is 40.3 Å². The van der Waals surface area contributed by atoms with Crippen LogP contribution in [0.2, 0.25) is 0 Å². The van der Waals surface area contributed by atoms with E-state index in [0.29, 0.717) is 10.7 Å². The van der Waals surface area contributed by atoms with Gasteiger partial charge in [0.15, 0.2) is 5.82 Å². The molecular weight excluding hydrogens is 268 g/mol. The molecule has 0 aliphatic rings. The number of fused-ring (bicyclic) bond motifs is 1. The molecule has 4 nitrogen and oxygen atoms in total. The molecular formula is C15H16N4S. The van der Waals surface area contributed by atoms with Gasteiger partial charge in [0.1, 0.15) is 0 Å². The number of hydrogen-bond acceptors (Lipinski definition) is 3. The standard InChI is InChI=1S/C15H16N4S/c1-8(2)10-4-5-13-11(7-10)12(6-9(3)16-13)14-17-15(20)19-18-14/h4-8H,1-3H3,(H2,17,18,19,20). The normalized spacial score (nSPS) is 11.4. The third-order valence-corrected chi connectivity index (χ3v) is 3.58. The molecule has 0 amide bonds. The number of benzene rings is 1. The lowest BCUT2D eigenvalue weighted by atomic mass is 9.98. The summed E-state index contributed by atoms with van der Waals surface area (Å²) in [7, 11) is 0. The quantitative estimate of drug-likeness (QED) is 0.696. The Morgan fingerprint density at radius 3 is 2.55 bits per heavy atom. The van der Waals surface area contributed by atoms with Crippen LogP contribution >= 0.6 is 12.2 Å². The van der Waals surface area contributed by atoms with E-state index in [1.165, 1.54) is 5.56 Å². The maximum Gasteiger partial charge on any atom is 0.213 e. The van der Waals surface area contributed by atoms with Crippen LogP contribution in [-0.4, -0.2) is 20.2 Å². The van der Waals surface area contributed by atoms with Crippen LogP contribution in [-0.2, 0) is 0 Å². The average Bonchev–Trinajstić information content (AvgIpc) is 2.83. The number of rotatable bonds is 2. The van der Waals surface area contributed by atoms with Crippen LogP contribution in [0.25, 0.3) is 22.3 Å². The minimum absolute atomic E-state index is 0.461. The van der Waals surface area contributed by atoms with E-state index in [9.17, 15) is 0 Å². The summed E-state index contributed by atoms with van der Waals surface area (Å²) in [6.07, 6.45) is 0. The molecule has 0 radical (unpaired) electrons. The predicted molar refractivity (Wildman–Crippen MR) is 83.3 cm³/mol. The molecule has 0 saturated heterocycles. The summed E-state index contributed by atoms with van der Waals surface area (Å²) in [6, 6.07) is 8.43. The van der Waals surface area contributed by atoms with Crippen LogP contribution in [0.5, 0.6) is 0 Å². The lowest BCUT2D eigenvalue weighted by Gasteiger charge is -2.10. The molecule has 2 N–H and O–H groups in total. The van der Waals surface area contributed by atoms with Gasteiger partial charge in [0.05, 0.1) is 5.52 Å². The molecule has 3 rings (SSSR count). The maximum absolute atomic E-state index is 5.04. The second-order valence-electron chi connectivity index (χ2n) is 5.26. The minimum atomic E-state index is 0.461. The Bertz CT molecular complexity index is 829. The van der Waals surface area contributed by atoms with E-state index in [1.807, 2.05) is 13.0 Å². The van der Waals surface area contributed by atoms with Gasteiger partial charge in [-0.05, 0) is 48.8 Å². The van der Waals surface area contributed by atoms with Crippen molar-refractivity contribution in [2.45, 2.75) is 26.7 Å². The number of nitrogens with one attached hydrogen (secondary N) is 2. The number of pyridine rings is 1. The topological polar surface area (TPSA) is 57.4 Å². The highest BCUT2D eigenvalue weighted by atomic mass is 32.1. The van der Waals surface area contributed by atoms with Gasteiger partial charge in [0, 0.05) is 16.6 Å². The van der Waals surface area contributed by atoms with Crippen LogP contribution < -0.4 is 0 Å². The number of aromatic nitrogens is 4. The fourth-order valence-electron chi connectivity index (χ4n) is 2.33. The molecule has 102 valence electrons. The van der Waals surface area contributed by atoms with Crippen LogP contribution in [0.3, 0.4) is 0 Å². The Morgan fingerprint density at radius 2 is 1.90 bits per heavy atom.